The van der Waals surface area contributed by atoms with E-state index in [0.717, 1.165) is 5.56 Å². The highest BCUT2D eigenvalue weighted by molar-refractivity contribution is 6.35. The lowest BCUT2D eigenvalue weighted by atomic mass is 10.1. The predicted octanol–water partition coefficient (Wildman–Crippen LogP) is 3.38. The minimum atomic E-state index is -1.05. The molecule has 0 spiro atoms. The van der Waals surface area contributed by atoms with E-state index in [-0.39, 0.29) is 10.6 Å². The molecule has 1 aromatic heterocycles. The van der Waals surface area contributed by atoms with Crippen LogP contribution in [0.1, 0.15) is 21.5 Å². The number of carboxylic acid groups (broad SMARTS) is 1. The Bertz CT molecular complexity index is 644. The molecule has 5 heteroatoms. The SMILES string of the molecule is Cc1ccccc1CN(C)c1nccc(C(=O)O)c1Cl. The maximum absolute atomic E-state index is 11.1. The molecule has 0 fully saturated rings. The lowest BCUT2D eigenvalue weighted by molar-refractivity contribution is 0.0697. The Hall–Kier alpha value is -2.07. The van der Waals surface area contributed by atoms with Crippen LogP contribution >= 0.6 is 11.6 Å². The van der Waals surface area contributed by atoms with Gasteiger partial charge in [-0.25, -0.2) is 9.78 Å². The number of aromatic nitrogens is 1. The van der Waals surface area contributed by atoms with E-state index in [2.05, 4.69) is 4.98 Å². The highest BCUT2D eigenvalue weighted by Crippen LogP contribution is 2.27. The molecule has 104 valence electrons. The molecule has 0 saturated heterocycles. The number of rotatable bonds is 4. The maximum atomic E-state index is 11.1. The summed E-state index contributed by atoms with van der Waals surface area (Å²) in [6.07, 6.45) is 1.46. The Kier molecular flexibility index (Phi) is 4.25. The zero-order chi connectivity index (χ0) is 14.7. The second-order valence-electron chi connectivity index (χ2n) is 4.58. The molecule has 0 radical (unpaired) electrons. The second kappa shape index (κ2) is 5.92. The van der Waals surface area contributed by atoms with Gasteiger partial charge in [0.1, 0.15) is 5.82 Å². The number of pyridine rings is 1. The summed E-state index contributed by atoms with van der Waals surface area (Å²) in [5.74, 6) is -0.585. The molecule has 1 heterocycles. The first kappa shape index (κ1) is 14.3. The molecule has 0 aliphatic heterocycles. The third kappa shape index (κ3) is 2.91. The Labute approximate surface area is 122 Å². The van der Waals surface area contributed by atoms with Crippen molar-refractivity contribution in [2.45, 2.75) is 13.5 Å². The first-order chi connectivity index (χ1) is 9.50. The third-order valence-corrected chi connectivity index (χ3v) is 3.50. The Morgan fingerprint density at radius 2 is 2.05 bits per heavy atom. The van der Waals surface area contributed by atoms with Gasteiger partial charge in [0.05, 0.1) is 10.6 Å². The molecule has 0 aliphatic carbocycles. The number of halogens is 1. The van der Waals surface area contributed by atoms with E-state index in [4.69, 9.17) is 16.7 Å². The van der Waals surface area contributed by atoms with E-state index >= 15 is 0 Å². The summed E-state index contributed by atoms with van der Waals surface area (Å²) in [6.45, 7) is 2.65. The summed E-state index contributed by atoms with van der Waals surface area (Å²) in [6, 6.07) is 9.41. The fourth-order valence-electron chi connectivity index (χ4n) is 1.98. The van der Waals surface area contributed by atoms with Crippen LogP contribution in [0.2, 0.25) is 5.02 Å². The van der Waals surface area contributed by atoms with Gasteiger partial charge >= 0.3 is 5.97 Å². The third-order valence-electron chi connectivity index (χ3n) is 3.13. The van der Waals surface area contributed by atoms with Crippen LogP contribution in [0, 0.1) is 6.92 Å². The van der Waals surface area contributed by atoms with Crippen molar-refractivity contribution in [3.63, 3.8) is 0 Å². The van der Waals surface area contributed by atoms with Gasteiger partial charge in [-0.05, 0) is 24.1 Å². The van der Waals surface area contributed by atoms with E-state index in [1.54, 1.807) is 0 Å². The van der Waals surface area contributed by atoms with Gasteiger partial charge < -0.3 is 10.0 Å². The van der Waals surface area contributed by atoms with Gasteiger partial charge in [-0.15, -0.1) is 0 Å². The van der Waals surface area contributed by atoms with Gasteiger partial charge in [0.2, 0.25) is 0 Å². The molecule has 20 heavy (non-hydrogen) atoms. The number of aromatic carboxylic acids is 1. The zero-order valence-electron chi connectivity index (χ0n) is 11.3. The number of hydrogen-bond acceptors (Lipinski definition) is 3. The van der Waals surface area contributed by atoms with Crippen molar-refractivity contribution >= 4 is 23.4 Å². The van der Waals surface area contributed by atoms with Crippen molar-refractivity contribution in [2.75, 3.05) is 11.9 Å². The van der Waals surface area contributed by atoms with E-state index < -0.39 is 5.97 Å². The van der Waals surface area contributed by atoms with Crippen LogP contribution < -0.4 is 4.90 Å². The number of benzene rings is 1. The van der Waals surface area contributed by atoms with Crippen LogP contribution in [0.15, 0.2) is 36.5 Å². The Morgan fingerprint density at radius 3 is 2.70 bits per heavy atom. The standard InChI is InChI=1S/C15H15ClN2O2/c1-10-5-3-4-6-11(10)9-18(2)14-13(16)12(15(19)20)7-8-17-14/h3-8H,9H2,1-2H3,(H,19,20). The van der Waals surface area contributed by atoms with E-state index in [1.165, 1.54) is 17.8 Å². The first-order valence-electron chi connectivity index (χ1n) is 6.14. The fourth-order valence-corrected chi connectivity index (χ4v) is 2.32. The van der Waals surface area contributed by atoms with Crippen LogP contribution in [0.25, 0.3) is 0 Å². The summed E-state index contributed by atoms with van der Waals surface area (Å²) in [5.41, 5.74) is 2.38. The molecule has 0 bridgehead atoms. The lowest BCUT2D eigenvalue weighted by Gasteiger charge is -2.21. The second-order valence-corrected chi connectivity index (χ2v) is 4.96. The van der Waals surface area contributed by atoms with Crippen LogP contribution in [-0.4, -0.2) is 23.1 Å². The van der Waals surface area contributed by atoms with Crippen LogP contribution in [0.5, 0.6) is 0 Å². The number of hydrogen-bond donors (Lipinski definition) is 1. The van der Waals surface area contributed by atoms with E-state index in [0.29, 0.717) is 12.4 Å². The maximum Gasteiger partial charge on any atom is 0.337 e. The van der Waals surface area contributed by atoms with Crippen LogP contribution in [-0.2, 0) is 6.54 Å². The first-order valence-corrected chi connectivity index (χ1v) is 6.52. The molecule has 0 aliphatic rings. The van der Waals surface area contributed by atoms with Crippen molar-refractivity contribution in [1.29, 1.82) is 0 Å². The van der Waals surface area contributed by atoms with Crippen molar-refractivity contribution in [3.05, 3.63) is 58.2 Å². The van der Waals surface area contributed by atoms with Crippen LogP contribution in [0.3, 0.4) is 0 Å². The summed E-state index contributed by atoms with van der Waals surface area (Å²) >= 11 is 6.12. The minimum absolute atomic E-state index is 0.0632. The Morgan fingerprint density at radius 1 is 1.35 bits per heavy atom. The van der Waals surface area contributed by atoms with Gasteiger partial charge in [-0.1, -0.05) is 35.9 Å². The van der Waals surface area contributed by atoms with Gasteiger partial charge in [0, 0.05) is 19.8 Å². The number of aryl methyl sites for hydroxylation is 1. The molecule has 0 atom stereocenters. The molecule has 1 aromatic carbocycles. The van der Waals surface area contributed by atoms with Crippen LogP contribution in [0.4, 0.5) is 5.82 Å². The molecule has 1 N–H and O–H groups in total. The monoisotopic (exact) mass is 290 g/mol. The summed E-state index contributed by atoms with van der Waals surface area (Å²) < 4.78 is 0. The number of carboxylic acids is 1. The normalized spacial score (nSPS) is 10.3. The summed E-state index contributed by atoms with van der Waals surface area (Å²) in [4.78, 5) is 17.1. The molecule has 0 amide bonds. The van der Waals surface area contributed by atoms with Gasteiger partial charge in [-0.2, -0.15) is 0 Å². The van der Waals surface area contributed by atoms with Gasteiger partial charge in [0.25, 0.3) is 0 Å². The topological polar surface area (TPSA) is 53.4 Å². The van der Waals surface area contributed by atoms with Gasteiger partial charge in [0.15, 0.2) is 0 Å². The minimum Gasteiger partial charge on any atom is -0.478 e. The Balaban J connectivity index is 2.30. The van der Waals surface area contributed by atoms with Gasteiger partial charge in [-0.3, -0.25) is 0 Å². The molecular weight excluding hydrogens is 276 g/mol. The molecule has 4 nitrogen and oxygen atoms in total. The van der Waals surface area contributed by atoms with Crippen molar-refractivity contribution in [1.82, 2.24) is 4.98 Å². The predicted molar refractivity (Wildman–Crippen MR) is 79.5 cm³/mol. The number of carbonyl (C=O) groups is 1. The number of nitrogens with zero attached hydrogens (tertiary/aromatic N) is 2. The lowest BCUT2D eigenvalue weighted by Crippen LogP contribution is -2.19. The fraction of sp³-hybridized carbons (Fsp3) is 0.200. The molecule has 2 rings (SSSR count). The summed E-state index contributed by atoms with van der Waals surface area (Å²) in [5, 5.41) is 9.24. The van der Waals surface area contributed by atoms with Crippen molar-refractivity contribution in [3.8, 4) is 0 Å². The zero-order valence-corrected chi connectivity index (χ0v) is 12.1. The smallest absolute Gasteiger partial charge is 0.337 e. The highest BCUT2D eigenvalue weighted by atomic mass is 35.5. The quantitative estimate of drug-likeness (QED) is 0.938. The molecule has 0 saturated carbocycles. The molecular formula is C15H15ClN2O2. The highest BCUT2D eigenvalue weighted by Gasteiger charge is 2.16. The largest absolute Gasteiger partial charge is 0.478 e. The average molecular weight is 291 g/mol. The summed E-state index contributed by atoms with van der Waals surface area (Å²) in [7, 11) is 1.84. The molecule has 2 aromatic rings. The molecule has 0 unspecified atom stereocenters. The number of anilines is 1. The van der Waals surface area contributed by atoms with Crippen molar-refractivity contribution in [2.24, 2.45) is 0 Å². The van der Waals surface area contributed by atoms with E-state index in [1.807, 2.05) is 43.1 Å². The van der Waals surface area contributed by atoms with E-state index in [9.17, 15) is 4.79 Å². The average Bonchev–Trinajstić information content (AvgIpc) is 2.41. The van der Waals surface area contributed by atoms with Crippen molar-refractivity contribution < 1.29 is 9.90 Å².